The highest BCUT2D eigenvalue weighted by molar-refractivity contribution is 4.93. The summed E-state index contributed by atoms with van der Waals surface area (Å²) >= 11 is 0. The van der Waals surface area contributed by atoms with Crippen LogP contribution in [0.2, 0.25) is 0 Å². The first-order valence-corrected chi connectivity index (χ1v) is 6.07. The van der Waals surface area contributed by atoms with Crippen LogP contribution in [-0.2, 0) is 4.74 Å². The molecule has 1 saturated carbocycles. The van der Waals surface area contributed by atoms with E-state index in [-0.39, 0.29) is 18.3 Å². The highest BCUT2D eigenvalue weighted by atomic mass is 16.5. The van der Waals surface area contributed by atoms with Crippen molar-refractivity contribution < 1.29 is 9.84 Å². The van der Waals surface area contributed by atoms with Gasteiger partial charge in [-0.2, -0.15) is 0 Å². The SMILES string of the molecule is CC[C@@H]1CCC[C@@]2(CC[C@@H](CO)O2)C1. The van der Waals surface area contributed by atoms with Gasteiger partial charge in [-0.05, 0) is 31.6 Å². The van der Waals surface area contributed by atoms with Gasteiger partial charge in [0.2, 0.25) is 0 Å². The van der Waals surface area contributed by atoms with Crippen LogP contribution in [-0.4, -0.2) is 23.4 Å². The summed E-state index contributed by atoms with van der Waals surface area (Å²) in [4.78, 5) is 0. The summed E-state index contributed by atoms with van der Waals surface area (Å²) in [5.74, 6) is 0.862. The fraction of sp³-hybridized carbons (Fsp3) is 1.00. The second-order valence-corrected chi connectivity index (χ2v) is 5.01. The molecule has 14 heavy (non-hydrogen) atoms. The predicted molar refractivity (Wildman–Crippen MR) is 56.2 cm³/mol. The first-order valence-electron chi connectivity index (χ1n) is 6.07. The average Bonchev–Trinajstić information content (AvgIpc) is 2.61. The van der Waals surface area contributed by atoms with Crippen molar-refractivity contribution in [1.29, 1.82) is 0 Å². The molecule has 2 fully saturated rings. The molecule has 1 saturated heterocycles. The van der Waals surface area contributed by atoms with Crippen LogP contribution in [0.4, 0.5) is 0 Å². The van der Waals surface area contributed by atoms with Crippen LogP contribution in [0, 0.1) is 5.92 Å². The monoisotopic (exact) mass is 198 g/mol. The minimum Gasteiger partial charge on any atom is -0.394 e. The Morgan fingerprint density at radius 3 is 2.86 bits per heavy atom. The van der Waals surface area contributed by atoms with Gasteiger partial charge in [-0.1, -0.05) is 26.2 Å². The molecule has 2 heteroatoms. The third kappa shape index (κ3) is 1.96. The molecule has 0 aromatic heterocycles. The van der Waals surface area contributed by atoms with E-state index >= 15 is 0 Å². The largest absolute Gasteiger partial charge is 0.394 e. The van der Waals surface area contributed by atoms with Gasteiger partial charge in [-0.25, -0.2) is 0 Å². The van der Waals surface area contributed by atoms with Crippen molar-refractivity contribution in [2.45, 2.75) is 63.6 Å². The zero-order chi connectivity index (χ0) is 10.0. The molecular weight excluding hydrogens is 176 g/mol. The Hall–Kier alpha value is -0.0800. The molecule has 1 aliphatic heterocycles. The van der Waals surface area contributed by atoms with Crippen molar-refractivity contribution in [3.05, 3.63) is 0 Å². The first-order chi connectivity index (χ1) is 6.78. The van der Waals surface area contributed by atoms with Crippen LogP contribution in [0.25, 0.3) is 0 Å². The summed E-state index contributed by atoms with van der Waals surface area (Å²) in [6, 6.07) is 0. The molecular formula is C12H22O2. The third-order valence-electron chi connectivity index (χ3n) is 4.03. The van der Waals surface area contributed by atoms with Gasteiger partial charge in [0, 0.05) is 0 Å². The Kier molecular flexibility index (Phi) is 3.13. The normalized spacial score (nSPS) is 43.3. The van der Waals surface area contributed by atoms with Gasteiger partial charge in [-0.15, -0.1) is 0 Å². The maximum atomic E-state index is 9.08. The average molecular weight is 198 g/mol. The molecule has 2 aliphatic rings. The third-order valence-corrected chi connectivity index (χ3v) is 4.03. The van der Waals surface area contributed by atoms with Crippen molar-refractivity contribution >= 4 is 0 Å². The van der Waals surface area contributed by atoms with E-state index in [1.54, 1.807) is 0 Å². The first kappa shape index (κ1) is 10.4. The lowest BCUT2D eigenvalue weighted by Gasteiger charge is -2.37. The van der Waals surface area contributed by atoms with E-state index in [0.717, 1.165) is 12.3 Å². The van der Waals surface area contributed by atoms with E-state index < -0.39 is 0 Å². The van der Waals surface area contributed by atoms with Gasteiger partial charge in [0.1, 0.15) is 0 Å². The molecule has 0 bridgehead atoms. The molecule has 0 aromatic rings. The summed E-state index contributed by atoms with van der Waals surface area (Å²) in [6.45, 7) is 2.49. The van der Waals surface area contributed by atoms with Crippen LogP contribution in [0.1, 0.15) is 51.9 Å². The van der Waals surface area contributed by atoms with Crippen molar-refractivity contribution in [1.82, 2.24) is 0 Å². The van der Waals surface area contributed by atoms with Gasteiger partial charge in [-0.3, -0.25) is 0 Å². The van der Waals surface area contributed by atoms with E-state index in [9.17, 15) is 0 Å². The Bertz CT molecular complexity index is 193. The number of aliphatic hydroxyl groups is 1. The van der Waals surface area contributed by atoms with Gasteiger partial charge in [0.15, 0.2) is 0 Å². The van der Waals surface area contributed by atoms with Crippen LogP contribution >= 0.6 is 0 Å². The molecule has 0 aromatic carbocycles. The lowest BCUT2D eigenvalue weighted by atomic mass is 9.76. The zero-order valence-electron chi connectivity index (χ0n) is 9.17. The maximum Gasteiger partial charge on any atom is 0.0814 e. The van der Waals surface area contributed by atoms with Crippen molar-refractivity contribution in [2.75, 3.05) is 6.61 Å². The van der Waals surface area contributed by atoms with E-state index in [4.69, 9.17) is 9.84 Å². The number of ether oxygens (including phenoxy) is 1. The fourth-order valence-electron chi connectivity index (χ4n) is 3.15. The highest BCUT2D eigenvalue weighted by Gasteiger charge is 2.42. The topological polar surface area (TPSA) is 29.5 Å². The van der Waals surface area contributed by atoms with E-state index in [2.05, 4.69) is 6.92 Å². The molecule has 0 radical (unpaired) electrons. The van der Waals surface area contributed by atoms with Crippen molar-refractivity contribution in [3.63, 3.8) is 0 Å². The molecule has 1 N–H and O–H groups in total. The second kappa shape index (κ2) is 4.19. The van der Waals surface area contributed by atoms with E-state index in [1.165, 1.54) is 38.5 Å². The Balaban J connectivity index is 1.95. The summed E-state index contributed by atoms with van der Waals surface area (Å²) in [7, 11) is 0. The Labute approximate surface area is 86.6 Å². The minimum atomic E-state index is 0.130. The quantitative estimate of drug-likeness (QED) is 0.738. The van der Waals surface area contributed by atoms with Crippen molar-refractivity contribution in [3.8, 4) is 0 Å². The summed E-state index contributed by atoms with van der Waals surface area (Å²) in [5.41, 5.74) is 0.159. The number of aliphatic hydroxyl groups excluding tert-OH is 1. The molecule has 3 atom stereocenters. The van der Waals surface area contributed by atoms with Gasteiger partial charge in [0.05, 0.1) is 18.3 Å². The molecule has 1 heterocycles. The summed E-state index contributed by atoms with van der Waals surface area (Å²) < 4.78 is 6.02. The van der Waals surface area contributed by atoms with Crippen LogP contribution in [0.3, 0.4) is 0 Å². The van der Waals surface area contributed by atoms with Gasteiger partial charge >= 0.3 is 0 Å². The standard InChI is InChI=1S/C12H22O2/c1-2-10-4-3-6-12(8-10)7-5-11(9-13)14-12/h10-11,13H,2-9H2,1H3/t10-,11+,12-/m1/s1. The summed E-state index contributed by atoms with van der Waals surface area (Å²) in [6.07, 6.45) is 8.81. The lowest BCUT2D eigenvalue weighted by molar-refractivity contribution is -0.0887. The number of hydrogen-bond donors (Lipinski definition) is 1. The number of hydrogen-bond acceptors (Lipinski definition) is 2. The molecule has 2 nitrogen and oxygen atoms in total. The van der Waals surface area contributed by atoms with Gasteiger partial charge < -0.3 is 9.84 Å². The fourth-order valence-corrected chi connectivity index (χ4v) is 3.15. The highest BCUT2D eigenvalue weighted by Crippen LogP contribution is 2.44. The van der Waals surface area contributed by atoms with Crippen molar-refractivity contribution in [2.24, 2.45) is 5.92 Å². The smallest absolute Gasteiger partial charge is 0.0814 e. The van der Waals surface area contributed by atoms with E-state index in [1.807, 2.05) is 0 Å². The number of rotatable bonds is 2. The molecule has 0 amide bonds. The lowest BCUT2D eigenvalue weighted by Crippen LogP contribution is -2.35. The molecule has 0 unspecified atom stereocenters. The predicted octanol–water partition coefficient (Wildman–Crippen LogP) is 2.50. The second-order valence-electron chi connectivity index (χ2n) is 5.01. The Morgan fingerprint density at radius 1 is 1.36 bits per heavy atom. The summed E-state index contributed by atoms with van der Waals surface area (Å²) in [5, 5.41) is 9.08. The molecule has 2 rings (SSSR count). The zero-order valence-corrected chi connectivity index (χ0v) is 9.17. The van der Waals surface area contributed by atoms with Crippen LogP contribution in [0.5, 0.6) is 0 Å². The molecule has 1 spiro atoms. The van der Waals surface area contributed by atoms with Crippen LogP contribution in [0.15, 0.2) is 0 Å². The molecule has 1 aliphatic carbocycles. The molecule has 82 valence electrons. The Morgan fingerprint density at radius 2 is 2.21 bits per heavy atom. The van der Waals surface area contributed by atoms with Gasteiger partial charge in [0.25, 0.3) is 0 Å². The minimum absolute atomic E-state index is 0.130. The maximum absolute atomic E-state index is 9.08. The van der Waals surface area contributed by atoms with Crippen LogP contribution < -0.4 is 0 Å². The van der Waals surface area contributed by atoms with E-state index in [0.29, 0.717) is 0 Å².